The molecule has 1 aromatic rings. The number of ether oxygens (including phenoxy) is 1. The molecule has 0 atom stereocenters. The number of rotatable bonds is 4. The van der Waals surface area contributed by atoms with E-state index in [1.165, 1.54) is 7.11 Å². The fourth-order valence-electron chi connectivity index (χ4n) is 2.77. The zero-order valence-corrected chi connectivity index (χ0v) is 16.9. The van der Waals surface area contributed by atoms with Crippen molar-refractivity contribution >= 4 is 20.0 Å². The molecule has 1 heterocycles. The standard InChI is InChI=1S/C19H31NO3Si/c1-19(2,3)24(5,6)23-17-10-12-20(13-11-17)16-9-7-8-15(14-16)18(21)22-4/h7-9,14,17H,10-13H2,1-6H3. The first kappa shape index (κ1) is 19.0. The average molecular weight is 350 g/mol. The summed E-state index contributed by atoms with van der Waals surface area (Å²) in [6.45, 7) is 13.4. The van der Waals surface area contributed by atoms with Crippen LogP contribution in [-0.2, 0) is 9.16 Å². The maximum absolute atomic E-state index is 11.7. The number of esters is 1. The van der Waals surface area contributed by atoms with Crippen LogP contribution in [0, 0.1) is 0 Å². The van der Waals surface area contributed by atoms with Gasteiger partial charge in [-0.05, 0) is 49.2 Å². The van der Waals surface area contributed by atoms with Crippen molar-refractivity contribution in [3.63, 3.8) is 0 Å². The second-order valence-electron chi connectivity index (χ2n) is 8.11. The summed E-state index contributed by atoms with van der Waals surface area (Å²) >= 11 is 0. The SMILES string of the molecule is COC(=O)c1cccc(N2CCC(O[Si](C)(C)C(C)(C)C)CC2)c1. The Bertz CT molecular complexity index is 572. The monoisotopic (exact) mass is 349 g/mol. The molecule has 0 aliphatic carbocycles. The number of methoxy groups -OCH3 is 1. The molecular formula is C19H31NO3Si. The highest BCUT2D eigenvalue weighted by molar-refractivity contribution is 6.74. The van der Waals surface area contributed by atoms with Crippen molar-refractivity contribution in [1.82, 2.24) is 0 Å². The molecule has 0 radical (unpaired) electrons. The minimum Gasteiger partial charge on any atom is -0.465 e. The molecule has 4 nitrogen and oxygen atoms in total. The molecular weight excluding hydrogens is 318 g/mol. The number of piperidine rings is 1. The molecule has 1 aromatic carbocycles. The Hall–Kier alpha value is -1.33. The van der Waals surface area contributed by atoms with Crippen LogP contribution >= 0.6 is 0 Å². The largest absolute Gasteiger partial charge is 0.465 e. The van der Waals surface area contributed by atoms with Gasteiger partial charge in [0.15, 0.2) is 8.32 Å². The number of hydrogen-bond acceptors (Lipinski definition) is 4. The smallest absolute Gasteiger partial charge is 0.337 e. The lowest BCUT2D eigenvalue weighted by Gasteiger charge is -2.42. The van der Waals surface area contributed by atoms with Crippen LogP contribution in [0.1, 0.15) is 44.0 Å². The van der Waals surface area contributed by atoms with Gasteiger partial charge in [0.05, 0.1) is 12.7 Å². The quantitative estimate of drug-likeness (QED) is 0.594. The molecule has 1 aliphatic rings. The Morgan fingerprint density at radius 1 is 1.21 bits per heavy atom. The number of benzene rings is 1. The zero-order chi connectivity index (χ0) is 18.0. The van der Waals surface area contributed by atoms with Crippen molar-refractivity contribution in [3.05, 3.63) is 29.8 Å². The normalized spacial score (nSPS) is 17.0. The van der Waals surface area contributed by atoms with Crippen LogP contribution in [0.5, 0.6) is 0 Å². The Labute approximate surface area is 147 Å². The van der Waals surface area contributed by atoms with E-state index >= 15 is 0 Å². The minimum absolute atomic E-state index is 0.249. The van der Waals surface area contributed by atoms with E-state index in [2.05, 4.69) is 44.8 Å². The molecule has 1 fully saturated rings. The molecule has 0 amide bonds. The summed E-state index contributed by atoms with van der Waals surface area (Å²) in [5.41, 5.74) is 1.69. The van der Waals surface area contributed by atoms with Crippen LogP contribution in [0.3, 0.4) is 0 Å². The van der Waals surface area contributed by atoms with E-state index in [1.807, 2.05) is 12.1 Å². The molecule has 0 aromatic heterocycles. The van der Waals surface area contributed by atoms with Gasteiger partial charge >= 0.3 is 5.97 Å². The zero-order valence-electron chi connectivity index (χ0n) is 15.9. The summed E-state index contributed by atoms with van der Waals surface area (Å²) in [5, 5.41) is 0.249. The van der Waals surface area contributed by atoms with E-state index in [0.29, 0.717) is 11.7 Å². The number of nitrogens with zero attached hydrogens (tertiary/aromatic N) is 1. The first-order valence-electron chi connectivity index (χ1n) is 8.75. The molecule has 0 bridgehead atoms. The molecule has 1 saturated heterocycles. The maximum Gasteiger partial charge on any atom is 0.337 e. The van der Waals surface area contributed by atoms with Gasteiger partial charge in [-0.25, -0.2) is 4.79 Å². The van der Waals surface area contributed by atoms with E-state index in [4.69, 9.17) is 9.16 Å². The molecule has 1 aliphatic heterocycles. The highest BCUT2D eigenvalue weighted by Crippen LogP contribution is 2.38. The first-order chi connectivity index (χ1) is 11.1. The fourth-order valence-corrected chi connectivity index (χ4v) is 4.20. The lowest BCUT2D eigenvalue weighted by Crippen LogP contribution is -2.47. The number of hydrogen-bond donors (Lipinski definition) is 0. The summed E-state index contributed by atoms with van der Waals surface area (Å²) in [7, 11) is -0.287. The van der Waals surface area contributed by atoms with Crippen molar-refractivity contribution in [2.75, 3.05) is 25.1 Å². The number of carbonyl (C=O) groups is 1. The van der Waals surface area contributed by atoms with E-state index in [-0.39, 0.29) is 11.0 Å². The second kappa shape index (κ2) is 7.27. The lowest BCUT2D eigenvalue weighted by atomic mass is 10.1. The predicted octanol–water partition coefficient (Wildman–Crippen LogP) is 4.46. The third-order valence-corrected chi connectivity index (χ3v) is 9.88. The fraction of sp³-hybridized carbons (Fsp3) is 0.632. The van der Waals surface area contributed by atoms with Crippen molar-refractivity contribution < 1.29 is 14.0 Å². The van der Waals surface area contributed by atoms with Crippen LogP contribution in [0.15, 0.2) is 24.3 Å². The Morgan fingerprint density at radius 3 is 2.38 bits per heavy atom. The molecule has 0 N–H and O–H groups in total. The second-order valence-corrected chi connectivity index (χ2v) is 12.9. The van der Waals surface area contributed by atoms with E-state index in [0.717, 1.165) is 31.6 Å². The van der Waals surface area contributed by atoms with Gasteiger partial charge < -0.3 is 14.1 Å². The molecule has 2 rings (SSSR count). The van der Waals surface area contributed by atoms with Crippen LogP contribution < -0.4 is 4.90 Å². The molecule has 24 heavy (non-hydrogen) atoms. The highest BCUT2D eigenvalue weighted by Gasteiger charge is 2.39. The lowest BCUT2D eigenvalue weighted by molar-refractivity contribution is 0.0600. The topological polar surface area (TPSA) is 38.8 Å². The van der Waals surface area contributed by atoms with Gasteiger partial charge in [0.25, 0.3) is 0 Å². The molecule has 0 unspecified atom stereocenters. The predicted molar refractivity (Wildman–Crippen MR) is 101 cm³/mol. The van der Waals surface area contributed by atoms with Crippen molar-refractivity contribution in [2.45, 2.75) is 57.8 Å². The summed E-state index contributed by atoms with van der Waals surface area (Å²) < 4.78 is 11.4. The highest BCUT2D eigenvalue weighted by atomic mass is 28.4. The van der Waals surface area contributed by atoms with Gasteiger partial charge in [0.1, 0.15) is 0 Å². The minimum atomic E-state index is -1.70. The van der Waals surface area contributed by atoms with Gasteiger partial charge in [-0.15, -0.1) is 0 Å². The van der Waals surface area contributed by atoms with Gasteiger partial charge in [-0.2, -0.15) is 0 Å². The van der Waals surface area contributed by atoms with Gasteiger partial charge in [0.2, 0.25) is 0 Å². The van der Waals surface area contributed by atoms with E-state index in [9.17, 15) is 4.79 Å². The van der Waals surface area contributed by atoms with Gasteiger partial charge in [-0.1, -0.05) is 26.8 Å². The molecule has 0 saturated carbocycles. The van der Waals surface area contributed by atoms with Crippen LogP contribution in [0.4, 0.5) is 5.69 Å². The summed E-state index contributed by atoms with van der Waals surface area (Å²) in [4.78, 5) is 14.0. The average Bonchev–Trinajstić information content (AvgIpc) is 2.53. The summed E-state index contributed by atoms with van der Waals surface area (Å²) in [6, 6.07) is 7.69. The van der Waals surface area contributed by atoms with Gasteiger partial charge in [0, 0.05) is 24.9 Å². The number of carbonyl (C=O) groups excluding carboxylic acids is 1. The summed E-state index contributed by atoms with van der Waals surface area (Å²) in [5.74, 6) is -0.284. The molecule has 0 spiro atoms. The van der Waals surface area contributed by atoms with Crippen LogP contribution in [0.25, 0.3) is 0 Å². The van der Waals surface area contributed by atoms with Crippen LogP contribution in [0.2, 0.25) is 18.1 Å². The van der Waals surface area contributed by atoms with Crippen molar-refractivity contribution in [3.8, 4) is 0 Å². The van der Waals surface area contributed by atoms with E-state index < -0.39 is 8.32 Å². The van der Waals surface area contributed by atoms with Crippen molar-refractivity contribution in [1.29, 1.82) is 0 Å². The third-order valence-electron chi connectivity index (χ3n) is 5.34. The van der Waals surface area contributed by atoms with E-state index in [1.54, 1.807) is 6.07 Å². The first-order valence-corrected chi connectivity index (χ1v) is 11.7. The Morgan fingerprint density at radius 2 is 1.83 bits per heavy atom. The third kappa shape index (κ3) is 4.39. The van der Waals surface area contributed by atoms with Gasteiger partial charge in [-0.3, -0.25) is 0 Å². The number of anilines is 1. The van der Waals surface area contributed by atoms with Crippen molar-refractivity contribution in [2.24, 2.45) is 0 Å². The maximum atomic E-state index is 11.7. The summed E-state index contributed by atoms with van der Waals surface area (Å²) in [6.07, 6.45) is 2.43. The Kier molecular flexibility index (Phi) is 5.76. The molecule has 5 heteroatoms. The Balaban J connectivity index is 1.97. The molecule has 134 valence electrons. The van der Waals surface area contributed by atoms with Crippen LogP contribution in [-0.4, -0.2) is 40.6 Å².